The van der Waals surface area contributed by atoms with Gasteiger partial charge >= 0.3 is 5.97 Å². The summed E-state index contributed by atoms with van der Waals surface area (Å²) in [7, 11) is 0. The highest BCUT2D eigenvalue weighted by atomic mass is 19.2. The predicted octanol–water partition coefficient (Wildman–Crippen LogP) is 6.19. The van der Waals surface area contributed by atoms with Gasteiger partial charge in [0.2, 0.25) is 0 Å². The van der Waals surface area contributed by atoms with Crippen molar-refractivity contribution in [3.8, 4) is 5.75 Å². The molecule has 6 heteroatoms. The second-order valence-corrected chi connectivity index (χ2v) is 8.60. The number of hydrogen-bond donors (Lipinski definition) is 0. The van der Waals surface area contributed by atoms with Gasteiger partial charge in [0.15, 0.2) is 17.5 Å². The molecule has 0 unspecified atom stereocenters. The summed E-state index contributed by atoms with van der Waals surface area (Å²) in [5, 5.41) is 0. The number of ether oxygens (including phenoxy) is 2. The third-order valence-corrected chi connectivity index (χ3v) is 6.41. The van der Waals surface area contributed by atoms with Crippen molar-refractivity contribution < 1.29 is 27.4 Å². The van der Waals surface area contributed by atoms with Gasteiger partial charge in [-0.1, -0.05) is 32.6 Å². The zero-order valence-electron chi connectivity index (χ0n) is 17.1. The Kier molecular flexibility index (Phi) is 7.99. The molecule has 0 heterocycles. The van der Waals surface area contributed by atoms with Crippen LogP contribution in [0.15, 0.2) is 12.1 Å². The van der Waals surface area contributed by atoms with Crippen molar-refractivity contribution in [1.82, 2.24) is 0 Å². The van der Waals surface area contributed by atoms with Crippen LogP contribution in [-0.4, -0.2) is 18.7 Å². The first kappa shape index (κ1) is 22.1. The Morgan fingerprint density at radius 1 is 0.931 bits per heavy atom. The normalized spacial score (nSPS) is 27.6. The summed E-state index contributed by atoms with van der Waals surface area (Å²) in [6, 6.07) is 1.39. The van der Waals surface area contributed by atoms with Gasteiger partial charge in [-0.25, -0.2) is 13.2 Å². The summed E-state index contributed by atoms with van der Waals surface area (Å²) in [6.45, 7) is 3.05. The lowest BCUT2D eigenvalue weighted by Crippen LogP contribution is -2.30. The zero-order chi connectivity index (χ0) is 20.8. The first-order valence-electron chi connectivity index (χ1n) is 10.9. The number of esters is 1. The standard InChI is InChI=1S/C23H31F3O3/c1-2-3-15-4-6-16(7-5-15)14-28-18-10-8-17(9-11-18)23(27)29-19-12-20(24)22(26)21(25)13-19/h12-13,15-18H,2-11,14H2,1H3/t15-,16-,17-,18-. The number of hydrogen-bond acceptors (Lipinski definition) is 3. The molecule has 2 saturated carbocycles. The number of benzene rings is 1. The van der Waals surface area contributed by atoms with Crippen molar-refractivity contribution in [1.29, 1.82) is 0 Å². The van der Waals surface area contributed by atoms with E-state index in [1.54, 1.807) is 0 Å². The topological polar surface area (TPSA) is 35.5 Å². The molecule has 1 aromatic carbocycles. The minimum atomic E-state index is -1.57. The van der Waals surface area contributed by atoms with E-state index in [9.17, 15) is 18.0 Å². The third-order valence-electron chi connectivity index (χ3n) is 6.41. The Bertz CT molecular complexity index is 655. The molecular formula is C23H31F3O3. The molecule has 2 aliphatic carbocycles. The van der Waals surface area contributed by atoms with Crippen LogP contribution in [-0.2, 0) is 9.53 Å². The van der Waals surface area contributed by atoms with Crippen LogP contribution < -0.4 is 4.74 Å². The van der Waals surface area contributed by atoms with Gasteiger partial charge in [0.25, 0.3) is 0 Å². The van der Waals surface area contributed by atoms with Crippen LogP contribution >= 0.6 is 0 Å². The van der Waals surface area contributed by atoms with Crippen LogP contribution in [0.1, 0.15) is 71.1 Å². The molecule has 0 amide bonds. The Morgan fingerprint density at radius 3 is 2.10 bits per heavy atom. The molecule has 0 aromatic heterocycles. The molecule has 2 aliphatic rings. The lowest BCUT2D eigenvalue weighted by molar-refractivity contribution is -0.141. The fraction of sp³-hybridized carbons (Fsp3) is 0.696. The van der Waals surface area contributed by atoms with Crippen LogP contribution in [0.25, 0.3) is 0 Å². The minimum absolute atomic E-state index is 0.160. The quantitative estimate of drug-likeness (QED) is 0.304. The van der Waals surface area contributed by atoms with Crippen molar-refractivity contribution in [2.24, 2.45) is 17.8 Å². The van der Waals surface area contributed by atoms with Crippen LogP contribution in [0.4, 0.5) is 13.2 Å². The molecule has 0 bridgehead atoms. The number of carbonyl (C=O) groups is 1. The molecule has 0 atom stereocenters. The molecule has 162 valence electrons. The van der Waals surface area contributed by atoms with Crippen LogP contribution in [0.5, 0.6) is 5.75 Å². The summed E-state index contributed by atoms with van der Waals surface area (Å²) < 4.78 is 50.7. The smallest absolute Gasteiger partial charge is 0.314 e. The van der Waals surface area contributed by atoms with E-state index in [0.717, 1.165) is 25.4 Å². The van der Waals surface area contributed by atoms with E-state index in [-0.39, 0.29) is 17.8 Å². The average Bonchev–Trinajstić information content (AvgIpc) is 2.72. The second-order valence-electron chi connectivity index (χ2n) is 8.60. The van der Waals surface area contributed by atoms with Gasteiger partial charge in [0.05, 0.1) is 12.0 Å². The van der Waals surface area contributed by atoms with Crippen molar-refractivity contribution in [3.05, 3.63) is 29.6 Å². The fourth-order valence-corrected chi connectivity index (χ4v) is 4.62. The summed E-state index contributed by atoms with van der Waals surface area (Å²) >= 11 is 0. The van der Waals surface area contributed by atoms with Gasteiger partial charge < -0.3 is 9.47 Å². The van der Waals surface area contributed by atoms with E-state index in [4.69, 9.17) is 9.47 Å². The van der Waals surface area contributed by atoms with E-state index in [0.29, 0.717) is 30.9 Å². The van der Waals surface area contributed by atoms with Crippen molar-refractivity contribution in [3.63, 3.8) is 0 Å². The Hall–Kier alpha value is -1.56. The van der Waals surface area contributed by atoms with Gasteiger partial charge in [-0.15, -0.1) is 0 Å². The molecule has 0 N–H and O–H groups in total. The maximum Gasteiger partial charge on any atom is 0.314 e. The van der Waals surface area contributed by atoms with Crippen LogP contribution in [0, 0.1) is 35.2 Å². The SMILES string of the molecule is CCC[C@H]1CC[C@H](CO[C@H]2CC[C@H](C(=O)Oc3cc(F)c(F)c(F)c3)CC2)CC1. The summed E-state index contributed by atoms with van der Waals surface area (Å²) in [5.41, 5.74) is 0. The van der Waals surface area contributed by atoms with E-state index in [1.807, 2.05) is 0 Å². The first-order valence-corrected chi connectivity index (χ1v) is 10.9. The van der Waals surface area contributed by atoms with Gasteiger partial charge in [-0.2, -0.15) is 0 Å². The van der Waals surface area contributed by atoms with Gasteiger partial charge in [-0.05, 0) is 50.4 Å². The summed E-state index contributed by atoms with van der Waals surface area (Å²) in [6.07, 6.45) is 10.7. The molecule has 29 heavy (non-hydrogen) atoms. The molecule has 3 rings (SSSR count). The lowest BCUT2D eigenvalue weighted by Gasteiger charge is -2.31. The third kappa shape index (κ3) is 6.21. The average molecular weight is 412 g/mol. The highest BCUT2D eigenvalue weighted by Gasteiger charge is 2.29. The molecule has 2 fully saturated rings. The molecule has 1 aromatic rings. The highest BCUT2D eigenvalue weighted by molar-refractivity contribution is 5.75. The predicted molar refractivity (Wildman–Crippen MR) is 104 cm³/mol. The van der Waals surface area contributed by atoms with Crippen LogP contribution in [0.2, 0.25) is 0 Å². The van der Waals surface area contributed by atoms with E-state index >= 15 is 0 Å². The van der Waals surface area contributed by atoms with Crippen molar-refractivity contribution in [2.75, 3.05) is 6.61 Å². The first-order chi connectivity index (χ1) is 14.0. The van der Waals surface area contributed by atoms with Gasteiger partial charge in [0.1, 0.15) is 5.75 Å². The van der Waals surface area contributed by atoms with Crippen LogP contribution in [0.3, 0.4) is 0 Å². The molecule has 0 aliphatic heterocycles. The highest BCUT2D eigenvalue weighted by Crippen LogP contribution is 2.33. The number of carbonyl (C=O) groups excluding carboxylic acids is 1. The number of rotatable bonds is 7. The van der Waals surface area contributed by atoms with Gasteiger partial charge in [-0.3, -0.25) is 4.79 Å². The Balaban J connectivity index is 1.37. The zero-order valence-corrected chi connectivity index (χ0v) is 17.1. The maximum atomic E-state index is 13.3. The van der Waals surface area contributed by atoms with Crippen molar-refractivity contribution in [2.45, 2.75) is 77.2 Å². The molecule has 0 radical (unpaired) electrons. The lowest BCUT2D eigenvalue weighted by atomic mass is 9.80. The Morgan fingerprint density at radius 2 is 1.52 bits per heavy atom. The monoisotopic (exact) mass is 412 g/mol. The second kappa shape index (κ2) is 10.5. The van der Waals surface area contributed by atoms with Gasteiger partial charge in [0, 0.05) is 18.7 Å². The molecule has 0 saturated heterocycles. The molecule has 3 nitrogen and oxygen atoms in total. The van der Waals surface area contributed by atoms with E-state index in [2.05, 4.69) is 6.92 Å². The number of halogens is 3. The fourth-order valence-electron chi connectivity index (χ4n) is 4.62. The van der Waals surface area contributed by atoms with E-state index < -0.39 is 23.4 Å². The minimum Gasteiger partial charge on any atom is -0.426 e. The molecule has 0 spiro atoms. The summed E-state index contributed by atoms with van der Waals surface area (Å²) in [4.78, 5) is 12.3. The van der Waals surface area contributed by atoms with E-state index in [1.165, 1.54) is 38.5 Å². The maximum absolute atomic E-state index is 13.3. The van der Waals surface area contributed by atoms with Crippen molar-refractivity contribution >= 4 is 5.97 Å². The Labute approximate surface area is 171 Å². The molecular weight excluding hydrogens is 381 g/mol. The summed E-state index contributed by atoms with van der Waals surface area (Å²) in [5.74, 6) is -3.92. The largest absolute Gasteiger partial charge is 0.426 e.